The van der Waals surface area contributed by atoms with Crippen LogP contribution in [0.5, 0.6) is 0 Å². The van der Waals surface area contributed by atoms with Crippen LogP contribution >= 0.6 is 70.0 Å². The molecule has 4 nitrogen and oxygen atoms in total. The average molecular weight is 381 g/mol. The van der Waals surface area contributed by atoms with E-state index in [4.69, 9.17) is 58.0 Å². The van der Waals surface area contributed by atoms with Gasteiger partial charge in [0.05, 0.1) is 17.4 Å². The molecule has 0 saturated carbocycles. The average Bonchev–Trinajstić information content (AvgIpc) is 2.59. The third kappa shape index (κ3) is 3.88. The second-order valence-electron chi connectivity index (χ2n) is 3.45. The van der Waals surface area contributed by atoms with Crippen molar-refractivity contribution in [2.45, 2.75) is 3.12 Å². The second kappa shape index (κ2) is 5.93. The molecule has 2 rings (SSSR count). The SMILES string of the molecule is O=C1N(SC(Cl)(Cl)Cl)NCN1c1ccc(Cl)cc1Cl. The Kier molecular flexibility index (Phi) is 4.88. The molecule has 1 aromatic carbocycles. The Balaban J connectivity index is 2.18. The van der Waals surface area contributed by atoms with E-state index in [0.29, 0.717) is 15.7 Å². The van der Waals surface area contributed by atoms with Crippen LogP contribution in [0.15, 0.2) is 18.2 Å². The number of amides is 2. The van der Waals surface area contributed by atoms with Crippen molar-refractivity contribution in [1.82, 2.24) is 9.84 Å². The van der Waals surface area contributed by atoms with E-state index in [9.17, 15) is 4.79 Å². The van der Waals surface area contributed by atoms with Gasteiger partial charge in [0.2, 0.25) is 0 Å². The molecule has 0 aromatic heterocycles. The number of rotatable bonds is 2. The molecule has 104 valence electrons. The van der Waals surface area contributed by atoms with Gasteiger partial charge in [-0.3, -0.25) is 4.90 Å². The fourth-order valence-electron chi connectivity index (χ4n) is 1.44. The highest BCUT2D eigenvalue weighted by atomic mass is 35.6. The first-order chi connectivity index (χ1) is 8.78. The first-order valence-corrected chi connectivity index (χ1v) is 7.50. The Morgan fingerprint density at radius 3 is 2.53 bits per heavy atom. The molecule has 1 N–H and O–H groups in total. The number of carbonyl (C=O) groups is 1. The molecule has 0 aliphatic carbocycles. The van der Waals surface area contributed by atoms with E-state index < -0.39 is 3.12 Å². The van der Waals surface area contributed by atoms with Crippen molar-refractivity contribution in [3.63, 3.8) is 0 Å². The Morgan fingerprint density at radius 2 is 1.95 bits per heavy atom. The molecule has 1 heterocycles. The van der Waals surface area contributed by atoms with Gasteiger partial charge in [0.15, 0.2) is 0 Å². The number of hydrogen-bond acceptors (Lipinski definition) is 3. The van der Waals surface area contributed by atoms with Crippen LogP contribution in [-0.4, -0.2) is 20.2 Å². The molecule has 1 fully saturated rings. The van der Waals surface area contributed by atoms with E-state index in [-0.39, 0.29) is 12.7 Å². The van der Waals surface area contributed by atoms with Crippen LogP contribution in [0.3, 0.4) is 0 Å². The van der Waals surface area contributed by atoms with Crippen LogP contribution < -0.4 is 10.3 Å². The second-order valence-corrected chi connectivity index (χ2v) is 8.41. The normalized spacial score (nSPS) is 16.4. The maximum absolute atomic E-state index is 12.1. The van der Waals surface area contributed by atoms with E-state index in [1.54, 1.807) is 18.2 Å². The molecule has 10 heteroatoms. The van der Waals surface area contributed by atoms with Gasteiger partial charge in [0.25, 0.3) is 3.12 Å². The highest BCUT2D eigenvalue weighted by Gasteiger charge is 2.36. The summed E-state index contributed by atoms with van der Waals surface area (Å²) in [5.41, 5.74) is 3.31. The molecule has 0 unspecified atom stereocenters. The number of halogens is 5. The number of nitrogens with zero attached hydrogens (tertiary/aromatic N) is 2. The summed E-state index contributed by atoms with van der Waals surface area (Å²) in [5, 5.41) is 0.851. The number of benzene rings is 1. The van der Waals surface area contributed by atoms with Crippen molar-refractivity contribution >= 4 is 81.7 Å². The van der Waals surface area contributed by atoms with Gasteiger partial charge in [-0.2, -0.15) is 9.84 Å². The molecule has 1 aliphatic rings. The molecule has 0 radical (unpaired) electrons. The first kappa shape index (κ1) is 15.6. The minimum absolute atomic E-state index is 0.216. The lowest BCUT2D eigenvalue weighted by molar-refractivity contribution is 0.236. The van der Waals surface area contributed by atoms with Crippen LogP contribution in [0.4, 0.5) is 10.5 Å². The van der Waals surface area contributed by atoms with Crippen molar-refractivity contribution in [2.75, 3.05) is 11.6 Å². The van der Waals surface area contributed by atoms with Gasteiger partial charge in [-0.1, -0.05) is 58.0 Å². The van der Waals surface area contributed by atoms with Gasteiger partial charge in [-0.25, -0.2) is 4.79 Å². The zero-order valence-electron chi connectivity index (χ0n) is 9.04. The van der Waals surface area contributed by atoms with E-state index in [2.05, 4.69) is 5.43 Å². The third-order valence-corrected chi connectivity index (χ3v) is 4.01. The highest BCUT2D eigenvalue weighted by Crippen LogP contribution is 2.42. The molecular formula is C9H6Cl5N3OS. The summed E-state index contributed by atoms with van der Waals surface area (Å²) >= 11 is 29.5. The van der Waals surface area contributed by atoms with Crippen molar-refractivity contribution in [1.29, 1.82) is 0 Å². The summed E-state index contributed by atoms with van der Waals surface area (Å²) in [5.74, 6) is 0. The summed E-state index contributed by atoms with van der Waals surface area (Å²) < 4.78 is -0.500. The smallest absolute Gasteiger partial charge is 0.276 e. The van der Waals surface area contributed by atoms with Gasteiger partial charge in [-0.05, 0) is 18.2 Å². The topological polar surface area (TPSA) is 35.6 Å². The summed E-state index contributed by atoms with van der Waals surface area (Å²) in [7, 11) is 0. The molecule has 19 heavy (non-hydrogen) atoms. The highest BCUT2D eigenvalue weighted by molar-refractivity contribution is 8.03. The molecule has 0 bridgehead atoms. The number of nitrogens with one attached hydrogen (secondary N) is 1. The van der Waals surface area contributed by atoms with Crippen LogP contribution in [0.1, 0.15) is 0 Å². The first-order valence-electron chi connectivity index (χ1n) is 4.84. The number of alkyl halides is 3. The fourth-order valence-corrected chi connectivity index (χ4v) is 3.08. The molecule has 1 saturated heterocycles. The zero-order chi connectivity index (χ0) is 14.2. The monoisotopic (exact) mass is 379 g/mol. The van der Waals surface area contributed by atoms with Crippen molar-refractivity contribution < 1.29 is 4.79 Å². The predicted molar refractivity (Wildman–Crippen MR) is 82.1 cm³/mol. The Hall–Kier alpha value is 0.250. The van der Waals surface area contributed by atoms with Crippen molar-refractivity contribution in [3.05, 3.63) is 28.2 Å². The summed E-state index contributed by atoms with van der Waals surface area (Å²) in [6, 6.07) is 4.45. The van der Waals surface area contributed by atoms with Gasteiger partial charge < -0.3 is 0 Å². The minimum Gasteiger partial charge on any atom is -0.276 e. The molecular weight excluding hydrogens is 375 g/mol. The molecule has 2 amide bonds. The maximum Gasteiger partial charge on any atom is 0.350 e. The van der Waals surface area contributed by atoms with Gasteiger partial charge in [0, 0.05) is 17.0 Å². The van der Waals surface area contributed by atoms with Crippen LogP contribution in [0, 0.1) is 0 Å². The number of hydrazine groups is 1. The largest absolute Gasteiger partial charge is 0.350 e. The lowest BCUT2D eigenvalue weighted by atomic mass is 10.3. The van der Waals surface area contributed by atoms with E-state index in [1.165, 1.54) is 4.90 Å². The Bertz CT molecular complexity index is 509. The summed E-state index contributed by atoms with van der Waals surface area (Å²) in [4.78, 5) is 13.5. The molecule has 0 atom stereocenters. The molecule has 0 spiro atoms. The van der Waals surface area contributed by atoms with E-state index >= 15 is 0 Å². The van der Waals surface area contributed by atoms with Crippen LogP contribution in [0.2, 0.25) is 10.0 Å². The van der Waals surface area contributed by atoms with Crippen LogP contribution in [0.25, 0.3) is 0 Å². The van der Waals surface area contributed by atoms with E-state index in [0.717, 1.165) is 16.4 Å². The van der Waals surface area contributed by atoms with Gasteiger partial charge in [0.1, 0.15) is 0 Å². The number of urea groups is 1. The summed E-state index contributed by atoms with van der Waals surface area (Å²) in [6.45, 7) is 0.216. The summed E-state index contributed by atoms with van der Waals surface area (Å²) in [6.07, 6.45) is 0. The van der Waals surface area contributed by atoms with Crippen molar-refractivity contribution in [2.24, 2.45) is 0 Å². The van der Waals surface area contributed by atoms with Gasteiger partial charge >= 0.3 is 6.03 Å². The van der Waals surface area contributed by atoms with Gasteiger partial charge in [-0.15, -0.1) is 0 Å². The minimum atomic E-state index is -1.64. The quantitative estimate of drug-likeness (QED) is 0.597. The zero-order valence-corrected chi connectivity index (χ0v) is 13.6. The van der Waals surface area contributed by atoms with Crippen molar-refractivity contribution in [3.8, 4) is 0 Å². The van der Waals surface area contributed by atoms with Crippen LogP contribution in [-0.2, 0) is 0 Å². The van der Waals surface area contributed by atoms with E-state index in [1.807, 2.05) is 0 Å². The maximum atomic E-state index is 12.1. The standard InChI is InChI=1S/C9H6Cl5N3OS/c10-5-1-2-7(6(11)3-5)16-4-15-17(8(16)18)19-9(12,13)14/h1-3,15H,4H2. The number of hydrogen-bond donors (Lipinski definition) is 1. The number of carbonyl (C=O) groups excluding carboxylic acids is 1. The Labute approximate surface area is 138 Å². The number of anilines is 1. The Morgan fingerprint density at radius 1 is 1.26 bits per heavy atom. The fraction of sp³-hybridized carbons (Fsp3) is 0.222. The lowest BCUT2D eigenvalue weighted by Gasteiger charge is -2.19. The lowest BCUT2D eigenvalue weighted by Crippen LogP contribution is -2.31. The predicted octanol–water partition coefficient (Wildman–Crippen LogP) is 4.67. The third-order valence-electron chi connectivity index (χ3n) is 2.17. The molecule has 1 aliphatic heterocycles. The molecule has 1 aromatic rings.